The number of amides is 1. The van der Waals surface area contributed by atoms with E-state index in [0.717, 1.165) is 40.7 Å². The second-order valence-corrected chi connectivity index (χ2v) is 7.22. The van der Waals surface area contributed by atoms with E-state index in [0.29, 0.717) is 13.0 Å². The van der Waals surface area contributed by atoms with E-state index >= 15 is 0 Å². The molecule has 6 nitrogen and oxygen atoms in total. The number of likely N-dealkylation sites (tertiary alicyclic amines) is 1. The van der Waals surface area contributed by atoms with E-state index in [4.69, 9.17) is 0 Å². The lowest BCUT2D eigenvalue weighted by Gasteiger charge is -2.32. The predicted octanol–water partition coefficient (Wildman–Crippen LogP) is 1.79. The molecule has 23 heavy (non-hydrogen) atoms. The first-order chi connectivity index (χ1) is 11.0. The van der Waals surface area contributed by atoms with E-state index < -0.39 is 0 Å². The van der Waals surface area contributed by atoms with Gasteiger partial charge in [0, 0.05) is 35.8 Å². The number of nitrogens with one attached hydrogen (secondary N) is 1. The highest BCUT2D eigenvalue weighted by Crippen LogP contribution is 2.26. The Bertz CT molecular complexity index is 767. The molecule has 1 aliphatic rings. The van der Waals surface area contributed by atoms with Crippen LogP contribution in [0.3, 0.4) is 0 Å². The van der Waals surface area contributed by atoms with Crippen molar-refractivity contribution in [3.05, 3.63) is 44.0 Å². The van der Waals surface area contributed by atoms with E-state index in [9.17, 15) is 9.59 Å². The fraction of sp³-hybridized carbons (Fsp3) is 0.500. The van der Waals surface area contributed by atoms with E-state index in [1.54, 1.807) is 11.3 Å². The molecule has 0 saturated carbocycles. The number of hydrogen-bond acceptors (Lipinski definition) is 5. The number of hydrogen-bond donors (Lipinski definition) is 1. The lowest BCUT2D eigenvalue weighted by Crippen LogP contribution is -2.40. The third kappa shape index (κ3) is 3.67. The number of thiazole rings is 1. The standard InChI is InChI=1S/C16H20N4O2S/c1-10-14(23-11(2)18-10)8-15(21)20-7-3-4-12(9-20)13-5-6-17-16(22)19-13/h5-6,12H,3-4,7-9H2,1-2H3,(H,17,19,22). The minimum atomic E-state index is -0.332. The van der Waals surface area contributed by atoms with Gasteiger partial charge in [-0.1, -0.05) is 0 Å². The molecular formula is C16H20N4O2S. The van der Waals surface area contributed by atoms with Crippen molar-refractivity contribution >= 4 is 17.2 Å². The fourth-order valence-electron chi connectivity index (χ4n) is 3.06. The molecule has 1 amide bonds. The van der Waals surface area contributed by atoms with Crippen LogP contribution in [0.5, 0.6) is 0 Å². The Hall–Kier alpha value is -2.02. The Balaban J connectivity index is 1.69. The molecular weight excluding hydrogens is 312 g/mol. The Morgan fingerprint density at radius 1 is 1.48 bits per heavy atom. The molecule has 122 valence electrons. The molecule has 1 saturated heterocycles. The van der Waals surface area contributed by atoms with Crippen molar-refractivity contribution in [3.63, 3.8) is 0 Å². The molecule has 3 heterocycles. The summed E-state index contributed by atoms with van der Waals surface area (Å²) >= 11 is 1.59. The lowest BCUT2D eigenvalue weighted by molar-refractivity contribution is -0.131. The first kappa shape index (κ1) is 15.9. The molecule has 1 N–H and O–H groups in total. The highest BCUT2D eigenvalue weighted by Gasteiger charge is 2.26. The Morgan fingerprint density at radius 2 is 2.30 bits per heavy atom. The van der Waals surface area contributed by atoms with Crippen molar-refractivity contribution in [1.82, 2.24) is 19.9 Å². The quantitative estimate of drug-likeness (QED) is 0.929. The van der Waals surface area contributed by atoms with Crippen LogP contribution in [0, 0.1) is 13.8 Å². The molecule has 0 aliphatic carbocycles. The number of piperidine rings is 1. The van der Waals surface area contributed by atoms with Gasteiger partial charge in [0.05, 0.1) is 17.1 Å². The zero-order valence-electron chi connectivity index (χ0n) is 13.3. The maximum Gasteiger partial charge on any atom is 0.345 e. The fourth-order valence-corrected chi connectivity index (χ4v) is 3.99. The highest BCUT2D eigenvalue weighted by molar-refractivity contribution is 7.11. The van der Waals surface area contributed by atoms with Crippen molar-refractivity contribution in [1.29, 1.82) is 0 Å². The molecule has 0 bridgehead atoms. The molecule has 2 aromatic heterocycles. The van der Waals surface area contributed by atoms with Gasteiger partial charge in [0.25, 0.3) is 0 Å². The van der Waals surface area contributed by atoms with Gasteiger partial charge in [-0.25, -0.2) is 14.8 Å². The van der Waals surface area contributed by atoms with Gasteiger partial charge < -0.3 is 9.88 Å². The minimum absolute atomic E-state index is 0.137. The Kier molecular flexibility index (Phi) is 4.56. The number of H-pyrrole nitrogens is 1. The second-order valence-electron chi connectivity index (χ2n) is 5.93. The third-order valence-electron chi connectivity index (χ3n) is 4.22. The topological polar surface area (TPSA) is 79.0 Å². The van der Waals surface area contributed by atoms with Crippen LogP contribution < -0.4 is 5.69 Å². The molecule has 3 rings (SSSR count). The summed E-state index contributed by atoms with van der Waals surface area (Å²) < 4.78 is 0. The molecule has 0 aromatic carbocycles. The summed E-state index contributed by atoms with van der Waals surface area (Å²) in [5, 5.41) is 0.996. The van der Waals surface area contributed by atoms with Crippen molar-refractivity contribution in [2.45, 2.75) is 39.0 Å². The van der Waals surface area contributed by atoms with E-state index in [1.807, 2.05) is 24.8 Å². The summed E-state index contributed by atoms with van der Waals surface area (Å²) in [6.45, 7) is 5.34. The largest absolute Gasteiger partial charge is 0.345 e. The minimum Gasteiger partial charge on any atom is -0.342 e. The number of carbonyl (C=O) groups excluding carboxylic acids is 1. The molecule has 1 aliphatic heterocycles. The average molecular weight is 332 g/mol. The molecule has 0 spiro atoms. The monoisotopic (exact) mass is 332 g/mol. The summed E-state index contributed by atoms with van der Waals surface area (Å²) in [5.74, 6) is 0.311. The van der Waals surface area contributed by atoms with Gasteiger partial charge in [0.15, 0.2) is 0 Å². The summed E-state index contributed by atoms with van der Waals surface area (Å²) in [4.78, 5) is 37.8. The summed E-state index contributed by atoms with van der Waals surface area (Å²) in [5.41, 5.74) is 1.49. The number of aromatic amines is 1. The van der Waals surface area contributed by atoms with Crippen LogP contribution in [0.2, 0.25) is 0 Å². The summed E-state index contributed by atoms with van der Waals surface area (Å²) in [6.07, 6.45) is 3.86. The zero-order chi connectivity index (χ0) is 16.4. The maximum absolute atomic E-state index is 12.6. The normalized spacial score (nSPS) is 18.2. The van der Waals surface area contributed by atoms with E-state index in [-0.39, 0.29) is 17.5 Å². The average Bonchev–Trinajstić information content (AvgIpc) is 2.85. The van der Waals surface area contributed by atoms with Crippen molar-refractivity contribution in [2.75, 3.05) is 13.1 Å². The molecule has 1 atom stereocenters. The molecule has 1 fully saturated rings. The van der Waals surface area contributed by atoms with Crippen LogP contribution in [-0.4, -0.2) is 38.8 Å². The number of nitrogens with zero attached hydrogens (tertiary/aromatic N) is 3. The summed E-state index contributed by atoms with van der Waals surface area (Å²) in [6, 6.07) is 1.83. The van der Waals surface area contributed by atoms with Crippen LogP contribution in [0.4, 0.5) is 0 Å². The van der Waals surface area contributed by atoms with Gasteiger partial charge in [0.2, 0.25) is 5.91 Å². The van der Waals surface area contributed by atoms with Gasteiger partial charge in [0.1, 0.15) is 0 Å². The van der Waals surface area contributed by atoms with Crippen LogP contribution in [0.1, 0.15) is 40.0 Å². The third-order valence-corrected chi connectivity index (χ3v) is 5.30. The number of aromatic nitrogens is 3. The number of carbonyl (C=O) groups is 1. The SMILES string of the molecule is Cc1nc(C)c(CC(=O)N2CCCC(c3ccnc(=O)[nH]3)C2)s1. The van der Waals surface area contributed by atoms with Gasteiger partial charge in [-0.2, -0.15) is 0 Å². The van der Waals surface area contributed by atoms with Crippen LogP contribution in [-0.2, 0) is 11.2 Å². The predicted molar refractivity (Wildman–Crippen MR) is 88.7 cm³/mol. The van der Waals surface area contributed by atoms with Crippen molar-refractivity contribution in [3.8, 4) is 0 Å². The Morgan fingerprint density at radius 3 is 3.00 bits per heavy atom. The van der Waals surface area contributed by atoms with Crippen LogP contribution in [0.15, 0.2) is 17.1 Å². The van der Waals surface area contributed by atoms with Gasteiger partial charge in [-0.15, -0.1) is 11.3 Å². The molecule has 7 heteroatoms. The van der Waals surface area contributed by atoms with E-state index in [2.05, 4.69) is 15.0 Å². The highest BCUT2D eigenvalue weighted by atomic mass is 32.1. The smallest absolute Gasteiger partial charge is 0.342 e. The first-order valence-corrected chi connectivity index (χ1v) is 8.60. The second kappa shape index (κ2) is 6.62. The Labute approximate surface area is 138 Å². The molecule has 1 unspecified atom stereocenters. The molecule has 0 radical (unpaired) electrons. The molecule has 2 aromatic rings. The number of rotatable bonds is 3. The van der Waals surface area contributed by atoms with Gasteiger partial charge in [-0.3, -0.25) is 4.79 Å². The van der Waals surface area contributed by atoms with Gasteiger partial charge in [-0.05, 0) is 32.8 Å². The maximum atomic E-state index is 12.6. The summed E-state index contributed by atoms with van der Waals surface area (Å²) in [7, 11) is 0. The zero-order valence-corrected chi connectivity index (χ0v) is 14.2. The first-order valence-electron chi connectivity index (χ1n) is 7.79. The number of aryl methyl sites for hydroxylation is 2. The van der Waals surface area contributed by atoms with Gasteiger partial charge >= 0.3 is 5.69 Å². The lowest BCUT2D eigenvalue weighted by atomic mass is 9.94. The van der Waals surface area contributed by atoms with Crippen LogP contribution >= 0.6 is 11.3 Å². The van der Waals surface area contributed by atoms with Crippen LogP contribution in [0.25, 0.3) is 0 Å². The van der Waals surface area contributed by atoms with Crippen molar-refractivity contribution in [2.24, 2.45) is 0 Å². The van der Waals surface area contributed by atoms with Crippen molar-refractivity contribution < 1.29 is 4.79 Å². The van der Waals surface area contributed by atoms with E-state index in [1.165, 1.54) is 6.20 Å².